The number of hydrogen-bond donors (Lipinski definition) is 1. The van der Waals surface area contributed by atoms with Crippen LogP contribution < -0.4 is 10.1 Å². The van der Waals surface area contributed by atoms with Crippen molar-refractivity contribution in [3.8, 4) is 5.75 Å². The minimum Gasteiger partial charge on any atom is -0.406 e. The van der Waals surface area contributed by atoms with Gasteiger partial charge in [0.25, 0.3) is 0 Å². The van der Waals surface area contributed by atoms with Gasteiger partial charge in [-0.3, -0.25) is 0 Å². The van der Waals surface area contributed by atoms with E-state index in [1.54, 1.807) is 12.1 Å². The minimum absolute atomic E-state index is 0.0107. The Morgan fingerprint density at radius 2 is 1.81 bits per heavy atom. The molecule has 0 bridgehead atoms. The van der Waals surface area contributed by atoms with E-state index in [4.69, 9.17) is 11.6 Å². The summed E-state index contributed by atoms with van der Waals surface area (Å²) < 4.78 is 53.8. The second-order valence-electron chi connectivity index (χ2n) is 4.14. The van der Waals surface area contributed by atoms with Crippen molar-refractivity contribution in [2.75, 3.05) is 5.32 Å². The minimum atomic E-state index is -4.75. The summed E-state index contributed by atoms with van der Waals surface area (Å²) >= 11 is 5.65. The molecule has 2 rings (SSSR count). The summed E-state index contributed by atoms with van der Waals surface area (Å²) in [6.45, 7) is 0.0852. The first-order valence-corrected chi connectivity index (χ1v) is 6.25. The molecule has 0 unspecified atom stereocenters. The molecule has 0 aliphatic rings. The van der Waals surface area contributed by atoms with Gasteiger partial charge in [0.15, 0.2) is 0 Å². The van der Waals surface area contributed by atoms with Crippen LogP contribution in [0, 0.1) is 5.82 Å². The quantitative estimate of drug-likeness (QED) is 0.802. The first-order chi connectivity index (χ1) is 9.85. The highest BCUT2D eigenvalue weighted by Gasteiger charge is 2.31. The van der Waals surface area contributed by atoms with Crippen LogP contribution in [0.2, 0.25) is 5.02 Å². The second-order valence-corrected chi connectivity index (χ2v) is 4.55. The highest BCUT2D eigenvalue weighted by atomic mass is 35.5. The third-order valence-corrected chi connectivity index (χ3v) is 2.87. The van der Waals surface area contributed by atoms with Crippen LogP contribution in [0.4, 0.5) is 23.2 Å². The molecule has 0 spiro atoms. The van der Waals surface area contributed by atoms with Crippen molar-refractivity contribution in [2.24, 2.45) is 0 Å². The molecule has 2 aromatic carbocycles. The predicted molar refractivity (Wildman–Crippen MR) is 71.9 cm³/mol. The van der Waals surface area contributed by atoms with Gasteiger partial charge in [0.1, 0.15) is 11.6 Å². The maximum atomic E-state index is 13.7. The molecular formula is C14H10ClF4NO. The molecule has 0 aliphatic heterocycles. The first-order valence-electron chi connectivity index (χ1n) is 5.88. The largest absolute Gasteiger partial charge is 0.573 e. The molecule has 2 aromatic rings. The van der Waals surface area contributed by atoms with Crippen LogP contribution in [0.1, 0.15) is 5.56 Å². The molecule has 0 aromatic heterocycles. The zero-order valence-corrected chi connectivity index (χ0v) is 11.3. The fraction of sp³-hybridized carbons (Fsp3) is 0.143. The van der Waals surface area contributed by atoms with Gasteiger partial charge < -0.3 is 10.1 Å². The van der Waals surface area contributed by atoms with E-state index in [-0.39, 0.29) is 17.3 Å². The molecule has 0 heterocycles. The van der Waals surface area contributed by atoms with E-state index in [0.29, 0.717) is 11.3 Å². The van der Waals surface area contributed by atoms with Gasteiger partial charge in [-0.2, -0.15) is 0 Å². The van der Waals surface area contributed by atoms with Crippen molar-refractivity contribution < 1.29 is 22.3 Å². The van der Waals surface area contributed by atoms with E-state index >= 15 is 0 Å². The lowest BCUT2D eigenvalue weighted by Crippen LogP contribution is -2.17. The van der Waals surface area contributed by atoms with Crippen LogP contribution >= 0.6 is 11.6 Å². The summed E-state index contributed by atoms with van der Waals surface area (Å²) in [5, 5.41) is 2.80. The van der Waals surface area contributed by atoms with Crippen LogP contribution in [0.5, 0.6) is 5.75 Å². The molecule has 2 nitrogen and oxygen atoms in total. The van der Waals surface area contributed by atoms with Crippen molar-refractivity contribution in [2.45, 2.75) is 12.9 Å². The van der Waals surface area contributed by atoms with Gasteiger partial charge in [-0.05, 0) is 18.2 Å². The molecule has 0 fully saturated rings. The lowest BCUT2D eigenvalue weighted by molar-refractivity contribution is -0.274. The molecule has 0 saturated heterocycles. The lowest BCUT2D eigenvalue weighted by atomic mass is 10.2. The van der Waals surface area contributed by atoms with Crippen LogP contribution in [-0.4, -0.2) is 6.36 Å². The molecule has 0 atom stereocenters. The van der Waals surface area contributed by atoms with E-state index < -0.39 is 12.2 Å². The smallest absolute Gasteiger partial charge is 0.406 e. The summed E-state index contributed by atoms with van der Waals surface area (Å²) in [6.07, 6.45) is -4.75. The zero-order valence-electron chi connectivity index (χ0n) is 10.5. The highest BCUT2D eigenvalue weighted by molar-refractivity contribution is 6.30. The van der Waals surface area contributed by atoms with Gasteiger partial charge in [0.05, 0.1) is 5.02 Å². The van der Waals surface area contributed by atoms with E-state index in [0.717, 1.165) is 0 Å². The van der Waals surface area contributed by atoms with Crippen LogP contribution in [0.3, 0.4) is 0 Å². The molecule has 112 valence electrons. The average molecular weight is 320 g/mol. The van der Waals surface area contributed by atoms with Gasteiger partial charge in [-0.25, -0.2) is 4.39 Å². The van der Waals surface area contributed by atoms with Gasteiger partial charge in [0.2, 0.25) is 0 Å². The molecule has 1 N–H and O–H groups in total. The standard InChI is InChI=1S/C14H10ClF4NO/c15-12-6-1-3-9(13(12)16)8-20-10-4-2-5-11(7-10)21-14(17,18)19/h1-7,20H,8H2. The lowest BCUT2D eigenvalue weighted by Gasteiger charge is -2.11. The normalized spacial score (nSPS) is 11.3. The highest BCUT2D eigenvalue weighted by Crippen LogP contribution is 2.25. The fourth-order valence-corrected chi connectivity index (χ4v) is 1.88. The zero-order chi connectivity index (χ0) is 15.5. The Balaban J connectivity index is 2.07. The number of anilines is 1. The molecular weight excluding hydrogens is 310 g/mol. The third kappa shape index (κ3) is 4.53. The van der Waals surface area contributed by atoms with Crippen LogP contribution in [0.25, 0.3) is 0 Å². The maximum Gasteiger partial charge on any atom is 0.573 e. The van der Waals surface area contributed by atoms with E-state index in [1.807, 2.05) is 0 Å². The third-order valence-electron chi connectivity index (χ3n) is 2.58. The Labute approximate surface area is 123 Å². The van der Waals surface area contributed by atoms with Crippen molar-refractivity contribution in [3.63, 3.8) is 0 Å². The Morgan fingerprint density at radius 1 is 1.10 bits per heavy atom. The number of hydrogen-bond acceptors (Lipinski definition) is 2. The Kier molecular flexibility index (Phi) is 4.57. The van der Waals surface area contributed by atoms with Gasteiger partial charge in [0, 0.05) is 23.9 Å². The van der Waals surface area contributed by atoms with E-state index in [9.17, 15) is 17.6 Å². The number of ether oxygens (including phenoxy) is 1. The average Bonchev–Trinajstić information content (AvgIpc) is 2.39. The van der Waals surface area contributed by atoms with Gasteiger partial charge >= 0.3 is 6.36 Å². The van der Waals surface area contributed by atoms with Crippen molar-refractivity contribution >= 4 is 17.3 Å². The molecule has 7 heteroatoms. The van der Waals surface area contributed by atoms with E-state index in [2.05, 4.69) is 10.1 Å². The Hall–Kier alpha value is -1.95. The molecule has 0 amide bonds. The monoisotopic (exact) mass is 319 g/mol. The summed E-state index contributed by atoms with van der Waals surface area (Å²) in [5.74, 6) is -0.909. The number of benzene rings is 2. The summed E-state index contributed by atoms with van der Waals surface area (Å²) in [7, 11) is 0. The second kappa shape index (κ2) is 6.22. The van der Waals surface area contributed by atoms with Gasteiger partial charge in [-0.15, -0.1) is 13.2 Å². The molecule has 0 radical (unpaired) electrons. The van der Waals surface area contributed by atoms with Gasteiger partial charge in [-0.1, -0.05) is 29.8 Å². The predicted octanol–water partition coefficient (Wildman–Crippen LogP) is 4.99. The Morgan fingerprint density at radius 3 is 2.52 bits per heavy atom. The Bertz CT molecular complexity index is 631. The number of nitrogens with one attached hydrogen (secondary N) is 1. The number of halogens is 5. The van der Waals surface area contributed by atoms with Crippen LogP contribution in [-0.2, 0) is 6.54 Å². The van der Waals surface area contributed by atoms with Crippen LogP contribution in [0.15, 0.2) is 42.5 Å². The van der Waals surface area contributed by atoms with Crippen molar-refractivity contribution in [1.82, 2.24) is 0 Å². The topological polar surface area (TPSA) is 21.3 Å². The molecule has 0 aliphatic carbocycles. The van der Waals surface area contributed by atoms with E-state index in [1.165, 1.54) is 30.3 Å². The van der Waals surface area contributed by atoms with Crippen molar-refractivity contribution in [1.29, 1.82) is 0 Å². The summed E-state index contributed by atoms with van der Waals surface area (Å²) in [5.41, 5.74) is 0.681. The van der Waals surface area contributed by atoms with Crippen molar-refractivity contribution in [3.05, 3.63) is 58.9 Å². The number of alkyl halides is 3. The summed E-state index contributed by atoms with van der Waals surface area (Å²) in [4.78, 5) is 0. The number of rotatable bonds is 4. The molecule has 21 heavy (non-hydrogen) atoms. The SMILES string of the molecule is Fc1c(Cl)cccc1CNc1cccc(OC(F)(F)F)c1. The molecule has 0 saturated carbocycles. The first kappa shape index (κ1) is 15.4. The maximum absolute atomic E-state index is 13.7. The summed E-state index contributed by atoms with van der Waals surface area (Å²) in [6, 6.07) is 9.84. The fourth-order valence-electron chi connectivity index (χ4n) is 1.69.